The molecule has 0 aromatic rings. The summed E-state index contributed by atoms with van der Waals surface area (Å²) in [6, 6.07) is 0.782. The molecule has 1 spiro atoms. The third-order valence-electron chi connectivity index (χ3n) is 6.65. The van der Waals surface area contributed by atoms with Crippen molar-refractivity contribution in [3.8, 4) is 0 Å². The molecule has 1 amide bonds. The second-order valence-corrected chi connectivity index (χ2v) is 7.86. The Kier molecular flexibility index (Phi) is 3.49. The highest BCUT2D eigenvalue weighted by Gasteiger charge is 2.50. The van der Waals surface area contributed by atoms with Gasteiger partial charge in [0.15, 0.2) is 0 Å². The summed E-state index contributed by atoms with van der Waals surface area (Å²) in [6.07, 6.45) is 8.48. The molecule has 1 N–H and O–H groups in total. The minimum absolute atomic E-state index is 0.282. The molecule has 4 aliphatic rings. The molecule has 2 aliphatic heterocycles. The first-order chi connectivity index (χ1) is 10.2. The van der Waals surface area contributed by atoms with E-state index in [9.17, 15) is 9.90 Å². The van der Waals surface area contributed by atoms with Crippen LogP contribution in [-0.2, 0) is 4.79 Å². The molecule has 4 fully saturated rings. The van der Waals surface area contributed by atoms with Gasteiger partial charge in [0.25, 0.3) is 0 Å². The molecule has 0 bridgehead atoms. The van der Waals surface area contributed by atoms with E-state index in [-0.39, 0.29) is 5.41 Å². The molecule has 2 saturated heterocycles. The summed E-state index contributed by atoms with van der Waals surface area (Å²) < 4.78 is 0. The lowest BCUT2D eigenvalue weighted by Gasteiger charge is -2.43. The Morgan fingerprint density at radius 3 is 2.38 bits per heavy atom. The van der Waals surface area contributed by atoms with E-state index < -0.39 is 0 Å². The van der Waals surface area contributed by atoms with E-state index in [1.54, 1.807) is 0 Å². The Morgan fingerprint density at radius 2 is 1.86 bits per heavy atom. The van der Waals surface area contributed by atoms with E-state index in [0.717, 1.165) is 57.9 Å². The molecule has 4 heteroatoms. The van der Waals surface area contributed by atoms with Gasteiger partial charge in [0.2, 0.25) is 5.91 Å². The van der Waals surface area contributed by atoms with Crippen LogP contribution in [0.1, 0.15) is 44.9 Å². The first-order valence-electron chi connectivity index (χ1n) is 8.85. The molecule has 0 radical (unpaired) electrons. The number of hydrogen-bond donors (Lipinski definition) is 1. The fourth-order valence-corrected chi connectivity index (χ4v) is 4.68. The standard InChI is InChI=1S/C17H28N2O2/c20-11-14-10-19(15-2-1-3-15)12-17(14)6-8-18(9-7-17)16(21)13-4-5-13/h13-15,20H,1-12H2. The number of aliphatic hydroxyl groups excluding tert-OH is 1. The summed E-state index contributed by atoms with van der Waals surface area (Å²) in [6.45, 7) is 4.40. The van der Waals surface area contributed by atoms with Crippen LogP contribution in [0.5, 0.6) is 0 Å². The van der Waals surface area contributed by atoms with E-state index in [2.05, 4.69) is 9.80 Å². The van der Waals surface area contributed by atoms with Gasteiger partial charge in [-0.15, -0.1) is 0 Å². The van der Waals surface area contributed by atoms with Crippen LogP contribution in [0.4, 0.5) is 0 Å². The zero-order valence-corrected chi connectivity index (χ0v) is 13.0. The molecule has 118 valence electrons. The van der Waals surface area contributed by atoms with Crippen molar-refractivity contribution >= 4 is 5.91 Å². The van der Waals surface area contributed by atoms with Crippen molar-refractivity contribution in [2.75, 3.05) is 32.8 Å². The summed E-state index contributed by atoms with van der Waals surface area (Å²) in [5.41, 5.74) is 0.282. The molecule has 0 aromatic carbocycles. The number of aliphatic hydroxyl groups is 1. The van der Waals surface area contributed by atoms with Gasteiger partial charge in [0.05, 0.1) is 0 Å². The van der Waals surface area contributed by atoms with Crippen molar-refractivity contribution in [2.24, 2.45) is 17.3 Å². The zero-order chi connectivity index (χ0) is 14.4. The SMILES string of the molecule is O=C(C1CC1)N1CCC2(CC1)CN(C1CCC1)CC2CO. The Balaban J connectivity index is 1.40. The quantitative estimate of drug-likeness (QED) is 0.857. The molecule has 0 aromatic heterocycles. The largest absolute Gasteiger partial charge is 0.396 e. The molecule has 1 atom stereocenters. The Bertz CT molecular complexity index is 409. The minimum Gasteiger partial charge on any atom is -0.396 e. The van der Waals surface area contributed by atoms with E-state index in [4.69, 9.17) is 0 Å². The zero-order valence-electron chi connectivity index (χ0n) is 13.0. The van der Waals surface area contributed by atoms with Crippen molar-refractivity contribution in [1.29, 1.82) is 0 Å². The highest BCUT2D eigenvalue weighted by atomic mass is 16.3. The fourth-order valence-electron chi connectivity index (χ4n) is 4.68. The number of amides is 1. The minimum atomic E-state index is 0.282. The van der Waals surface area contributed by atoms with Crippen molar-refractivity contribution in [3.63, 3.8) is 0 Å². The maximum Gasteiger partial charge on any atom is 0.225 e. The summed E-state index contributed by atoms with van der Waals surface area (Å²) in [5.74, 6) is 1.18. The number of carbonyl (C=O) groups is 1. The lowest BCUT2D eigenvalue weighted by Crippen LogP contribution is -2.48. The molecule has 1 unspecified atom stereocenters. The average Bonchev–Trinajstić information content (AvgIpc) is 3.22. The van der Waals surface area contributed by atoms with Crippen LogP contribution in [0.25, 0.3) is 0 Å². The van der Waals surface area contributed by atoms with Crippen LogP contribution in [0.15, 0.2) is 0 Å². The summed E-state index contributed by atoms with van der Waals surface area (Å²) in [5, 5.41) is 9.84. The molecule has 4 nitrogen and oxygen atoms in total. The van der Waals surface area contributed by atoms with Gasteiger partial charge in [-0.1, -0.05) is 6.42 Å². The van der Waals surface area contributed by atoms with E-state index >= 15 is 0 Å². The predicted octanol–water partition coefficient (Wildman–Crippen LogP) is 1.48. The van der Waals surface area contributed by atoms with E-state index in [1.165, 1.54) is 19.3 Å². The van der Waals surface area contributed by atoms with Crippen LogP contribution >= 0.6 is 0 Å². The molecule has 2 aliphatic carbocycles. The maximum absolute atomic E-state index is 12.2. The van der Waals surface area contributed by atoms with Crippen LogP contribution < -0.4 is 0 Å². The maximum atomic E-state index is 12.2. The first kappa shape index (κ1) is 14.0. The van der Waals surface area contributed by atoms with Crippen molar-refractivity contribution < 1.29 is 9.90 Å². The normalized spacial score (nSPS) is 33.4. The Hall–Kier alpha value is -0.610. The van der Waals surface area contributed by atoms with Gasteiger partial charge in [-0.3, -0.25) is 9.69 Å². The number of rotatable bonds is 3. The van der Waals surface area contributed by atoms with Crippen LogP contribution in [0.3, 0.4) is 0 Å². The number of nitrogens with zero attached hydrogens (tertiary/aromatic N) is 2. The fraction of sp³-hybridized carbons (Fsp3) is 0.941. The smallest absolute Gasteiger partial charge is 0.225 e. The third-order valence-corrected chi connectivity index (χ3v) is 6.65. The van der Waals surface area contributed by atoms with E-state index in [1.807, 2.05) is 0 Å². The van der Waals surface area contributed by atoms with Crippen molar-refractivity contribution in [3.05, 3.63) is 0 Å². The molecule has 2 heterocycles. The van der Waals surface area contributed by atoms with Gasteiger partial charge < -0.3 is 10.0 Å². The van der Waals surface area contributed by atoms with Gasteiger partial charge in [-0.25, -0.2) is 0 Å². The highest BCUT2D eigenvalue weighted by Crippen LogP contribution is 2.47. The van der Waals surface area contributed by atoms with E-state index in [0.29, 0.717) is 24.3 Å². The second-order valence-electron chi connectivity index (χ2n) is 7.86. The van der Waals surface area contributed by atoms with Crippen molar-refractivity contribution in [1.82, 2.24) is 9.80 Å². The van der Waals surface area contributed by atoms with Crippen LogP contribution in [0.2, 0.25) is 0 Å². The second kappa shape index (κ2) is 5.24. The van der Waals surface area contributed by atoms with Crippen molar-refractivity contribution in [2.45, 2.75) is 51.0 Å². The number of hydrogen-bond acceptors (Lipinski definition) is 3. The Labute approximate surface area is 127 Å². The van der Waals surface area contributed by atoms with Crippen LogP contribution in [0, 0.1) is 17.3 Å². The third kappa shape index (κ3) is 2.40. The van der Waals surface area contributed by atoms with Gasteiger partial charge in [-0.05, 0) is 43.9 Å². The molecular formula is C17H28N2O2. The van der Waals surface area contributed by atoms with Crippen LogP contribution in [-0.4, -0.2) is 59.6 Å². The molecule has 2 saturated carbocycles. The van der Waals surface area contributed by atoms with Gasteiger partial charge in [0, 0.05) is 50.7 Å². The van der Waals surface area contributed by atoms with Gasteiger partial charge in [0.1, 0.15) is 0 Å². The Morgan fingerprint density at radius 1 is 1.14 bits per heavy atom. The predicted molar refractivity (Wildman–Crippen MR) is 80.8 cm³/mol. The average molecular weight is 292 g/mol. The molecule has 21 heavy (non-hydrogen) atoms. The number of piperidine rings is 1. The highest BCUT2D eigenvalue weighted by molar-refractivity contribution is 5.81. The summed E-state index contributed by atoms with van der Waals surface area (Å²) in [7, 11) is 0. The number of likely N-dealkylation sites (tertiary alicyclic amines) is 2. The van der Waals surface area contributed by atoms with Gasteiger partial charge >= 0.3 is 0 Å². The topological polar surface area (TPSA) is 43.8 Å². The summed E-state index contributed by atoms with van der Waals surface area (Å²) >= 11 is 0. The summed E-state index contributed by atoms with van der Waals surface area (Å²) in [4.78, 5) is 17.0. The first-order valence-corrected chi connectivity index (χ1v) is 8.85. The van der Waals surface area contributed by atoms with Gasteiger partial charge in [-0.2, -0.15) is 0 Å². The lowest BCUT2D eigenvalue weighted by atomic mass is 9.71. The molecular weight excluding hydrogens is 264 g/mol. The molecule has 4 rings (SSSR count). The monoisotopic (exact) mass is 292 g/mol. The number of carbonyl (C=O) groups excluding carboxylic acids is 1. The lowest BCUT2D eigenvalue weighted by molar-refractivity contribution is -0.135.